The Labute approximate surface area is 205 Å². The highest BCUT2D eigenvalue weighted by atomic mass is 32.2. The lowest BCUT2D eigenvalue weighted by molar-refractivity contribution is -0.116. The van der Waals surface area contributed by atoms with Crippen molar-refractivity contribution in [3.8, 4) is 0 Å². The molecule has 1 amide bonds. The van der Waals surface area contributed by atoms with E-state index in [9.17, 15) is 13.2 Å². The van der Waals surface area contributed by atoms with Gasteiger partial charge in [0.2, 0.25) is 5.91 Å². The van der Waals surface area contributed by atoms with Crippen LogP contribution in [0.3, 0.4) is 0 Å². The zero-order valence-electron chi connectivity index (χ0n) is 19.9. The number of hydrogen-bond donors (Lipinski definition) is 0. The molecule has 3 aromatic rings. The first kappa shape index (κ1) is 24.8. The van der Waals surface area contributed by atoms with Crippen molar-refractivity contribution in [2.45, 2.75) is 32.1 Å². The van der Waals surface area contributed by atoms with E-state index < -0.39 is 21.5 Å². The third kappa shape index (κ3) is 5.66. The maximum atomic E-state index is 13.4. The second-order valence-corrected chi connectivity index (χ2v) is 11.8. The second kappa shape index (κ2) is 10.5. The number of carbonyl (C=O) groups is 1. The molecule has 0 radical (unpaired) electrons. The van der Waals surface area contributed by atoms with Gasteiger partial charge in [-0.2, -0.15) is 0 Å². The molecule has 2 heterocycles. The predicted molar refractivity (Wildman–Crippen MR) is 137 cm³/mol. The van der Waals surface area contributed by atoms with Crippen LogP contribution >= 0.6 is 11.3 Å². The van der Waals surface area contributed by atoms with Crippen molar-refractivity contribution in [2.24, 2.45) is 0 Å². The predicted octanol–water partition coefficient (Wildman–Crippen LogP) is 3.75. The van der Waals surface area contributed by atoms with Gasteiger partial charge in [-0.15, -0.1) is 0 Å². The number of carbonyl (C=O) groups excluding carboxylic acids is 1. The van der Waals surface area contributed by atoms with Gasteiger partial charge in [0.05, 0.1) is 28.3 Å². The van der Waals surface area contributed by atoms with Crippen LogP contribution in [0.25, 0.3) is 10.2 Å². The van der Waals surface area contributed by atoms with Gasteiger partial charge in [0.1, 0.15) is 5.75 Å². The van der Waals surface area contributed by atoms with Crippen molar-refractivity contribution in [1.29, 1.82) is 0 Å². The number of hydrogen-bond acceptors (Lipinski definition) is 7. The number of aromatic nitrogens is 1. The fourth-order valence-corrected chi connectivity index (χ4v) is 6.39. The molecule has 1 fully saturated rings. The molecule has 1 aliphatic heterocycles. The number of fused-ring (bicyclic) bond motifs is 1. The summed E-state index contributed by atoms with van der Waals surface area (Å²) in [6, 6.07) is 10.7. The van der Waals surface area contributed by atoms with Crippen molar-refractivity contribution < 1.29 is 17.9 Å². The molecular formula is C25H31N3O4S2. The SMILES string of the molecule is Cc1ccc(S(=O)(=O)CC(=O)N(CCCN2CCOCC2)c2nc3c(C)ccc(C)c3s2)cc1. The van der Waals surface area contributed by atoms with Crippen molar-refractivity contribution in [2.75, 3.05) is 50.0 Å². The average molecular weight is 502 g/mol. The zero-order chi connectivity index (χ0) is 24.3. The van der Waals surface area contributed by atoms with Gasteiger partial charge in [0.15, 0.2) is 15.0 Å². The number of ether oxygens (including phenoxy) is 1. The lowest BCUT2D eigenvalue weighted by Gasteiger charge is -2.27. The lowest BCUT2D eigenvalue weighted by Crippen LogP contribution is -2.40. The second-order valence-electron chi connectivity index (χ2n) is 8.80. The van der Waals surface area contributed by atoms with E-state index in [1.165, 1.54) is 11.3 Å². The third-order valence-corrected chi connectivity index (χ3v) is 8.95. The normalized spacial score (nSPS) is 15.0. The van der Waals surface area contributed by atoms with Crippen LogP contribution in [0.15, 0.2) is 41.3 Å². The number of morpholine rings is 1. The fraction of sp³-hybridized carbons (Fsp3) is 0.440. The van der Waals surface area contributed by atoms with Crippen molar-refractivity contribution in [1.82, 2.24) is 9.88 Å². The smallest absolute Gasteiger partial charge is 0.244 e. The number of thiazole rings is 1. The van der Waals surface area contributed by atoms with E-state index in [1.807, 2.05) is 32.9 Å². The highest BCUT2D eigenvalue weighted by Gasteiger charge is 2.27. The molecule has 0 saturated carbocycles. The van der Waals surface area contributed by atoms with Crippen LogP contribution in [-0.2, 0) is 19.4 Å². The minimum absolute atomic E-state index is 0.163. The molecule has 0 unspecified atom stereocenters. The first-order valence-corrected chi connectivity index (χ1v) is 14.0. The molecule has 0 bridgehead atoms. The van der Waals surface area contributed by atoms with E-state index in [4.69, 9.17) is 9.72 Å². The molecule has 0 N–H and O–H groups in total. The molecule has 9 heteroatoms. The fourth-order valence-electron chi connectivity index (χ4n) is 4.04. The summed E-state index contributed by atoms with van der Waals surface area (Å²) in [5, 5.41) is 0.554. The van der Waals surface area contributed by atoms with E-state index in [1.54, 1.807) is 29.2 Å². The Kier molecular flexibility index (Phi) is 7.67. The van der Waals surface area contributed by atoms with Gasteiger partial charge in [-0.25, -0.2) is 13.4 Å². The first-order chi connectivity index (χ1) is 16.2. The summed E-state index contributed by atoms with van der Waals surface area (Å²) in [7, 11) is -3.76. The molecule has 1 aliphatic rings. The van der Waals surface area contributed by atoms with E-state index >= 15 is 0 Å². The summed E-state index contributed by atoms with van der Waals surface area (Å²) < 4.78 is 32.5. The minimum atomic E-state index is -3.76. The Hall–Kier alpha value is -2.33. The van der Waals surface area contributed by atoms with Gasteiger partial charge in [-0.3, -0.25) is 14.6 Å². The molecular weight excluding hydrogens is 470 g/mol. The quantitative estimate of drug-likeness (QED) is 0.468. The highest BCUT2D eigenvalue weighted by molar-refractivity contribution is 7.92. The largest absolute Gasteiger partial charge is 0.379 e. The zero-order valence-corrected chi connectivity index (χ0v) is 21.5. The summed E-state index contributed by atoms with van der Waals surface area (Å²) in [5.41, 5.74) is 3.97. The number of sulfone groups is 1. The molecule has 1 aromatic heterocycles. The maximum absolute atomic E-state index is 13.4. The number of aryl methyl sites for hydroxylation is 3. The van der Waals surface area contributed by atoms with Gasteiger partial charge in [-0.1, -0.05) is 41.2 Å². The van der Waals surface area contributed by atoms with Crippen LogP contribution in [0.5, 0.6) is 0 Å². The third-order valence-electron chi connectivity index (χ3n) is 6.12. The molecule has 4 rings (SSSR count). The molecule has 182 valence electrons. The summed E-state index contributed by atoms with van der Waals surface area (Å²) in [5.74, 6) is -1.03. The van der Waals surface area contributed by atoms with Crippen LogP contribution in [0.4, 0.5) is 5.13 Å². The monoisotopic (exact) mass is 501 g/mol. The Bertz CT molecular complexity index is 1220. The van der Waals surface area contributed by atoms with E-state index in [-0.39, 0.29) is 4.90 Å². The molecule has 0 aliphatic carbocycles. The van der Waals surface area contributed by atoms with Gasteiger partial charge in [-0.05, 0) is 50.5 Å². The maximum Gasteiger partial charge on any atom is 0.244 e. The first-order valence-electron chi connectivity index (χ1n) is 11.5. The van der Waals surface area contributed by atoms with E-state index in [2.05, 4.69) is 4.90 Å². The molecule has 2 aromatic carbocycles. The minimum Gasteiger partial charge on any atom is -0.379 e. The summed E-state index contributed by atoms with van der Waals surface area (Å²) in [6.07, 6.45) is 0.726. The standard InChI is InChI=1S/C25H31N3O4S2/c1-18-5-9-21(10-6-18)34(30,31)17-22(29)28(12-4-11-27-13-15-32-16-14-27)25-26-23-19(2)7-8-20(3)24(23)33-25/h5-10H,4,11-17H2,1-3H3. The number of amides is 1. The van der Waals surface area contributed by atoms with Crippen molar-refractivity contribution in [3.63, 3.8) is 0 Å². The van der Waals surface area contributed by atoms with Crippen molar-refractivity contribution in [3.05, 3.63) is 53.1 Å². The topological polar surface area (TPSA) is 79.8 Å². The highest BCUT2D eigenvalue weighted by Crippen LogP contribution is 2.33. The number of rotatable bonds is 8. The number of nitrogens with zero attached hydrogens (tertiary/aromatic N) is 3. The summed E-state index contributed by atoms with van der Waals surface area (Å²) >= 11 is 1.45. The van der Waals surface area contributed by atoms with Crippen LogP contribution in [-0.4, -0.2) is 69.4 Å². The van der Waals surface area contributed by atoms with Gasteiger partial charge in [0.25, 0.3) is 0 Å². The molecule has 0 spiro atoms. The Morgan fingerprint density at radius 2 is 1.74 bits per heavy atom. The Morgan fingerprint density at radius 3 is 2.41 bits per heavy atom. The van der Waals surface area contributed by atoms with E-state index in [0.717, 1.165) is 53.0 Å². The Balaban J connectivity index is 1.58. The van der Waals surface area contributed by atoms with Crippen molar-refractivity contribution >= 4 is 42.4 Å². The Morgan fingerprint density at radius 1 is 1.06 bits per heavy atom. The van der Waals surface area contributed by atoms with Crippen LogP contribution in [0.2, 0.25) is 0 Å². The van der Waals surface area contributed by atoms with E-state index in [0.29, 0.717) is 24.9 Å². The number of benzene rings is 2. The van der Waals surface area contributed by atoms with Gasteiger partial charge < -0.3 is 4.74 Å². The van der Waals surface area contributed by atoms with Crippen LogP contribution in [0.1, 0.15) is 23.1 Å². The molecule has 34 heavy (non-hydrogen) atoms. The number of anilines is 1. The molecule has 7 nitrogen and oxygen atoms in total. The van der Waals surface area contributed by atoms with Crippen LogP contribution in [0, 0.1) is 20.8 Å². The van der Waals surface area contributed by atoms with Gasteiger partial charge in [0, 0.05) is 26.2 Å². The lowest BCUT2D eigenvalue weighted by atomic mass is 10.1. The molecule has 1 saturated heterocycles. The molecule has 0 atom stereocenters. The van der Waals surface area contributed by atoms with Crippen LogP contribution < -0.4 is 4.90 Å². The summed E-state index contributed by atoms with van der Waals surface area (Å²) in [4.78, 5) is 22.2. The van der Waals surface area contributed by atoms with Gasteiger partial charge >= 0.3 is 0 Å². The average Bonchev–Trinajstić information content (AvgIpc) is 3.26. The summed E-state index contributed by atoms with van der Waals surface area (Å²) in [6.45, 7) is 10.3.